The Bertz CT molecular complexity index is 545. The van der Waals surface area contributed by atoms with Gasteiger partial charge in [-0.05, 0) is 12.2 Å². The van der Waals surface area contributed by atoms with E-state index in [0.717, 1.165) is 0 Å². The molecule has 0 amide bonds. The highest BCUT2D eigenvalue weighted by Gasteiger charge is 2.81. The number of nitrogens with zero attached hydrogens (tertiary/aromatic N) is 1. The van der Waals surface area contributed by atoms with Crippen LogP contribution in [0, 0.1) is 0 Å². The molecule has 0 aliphatic rings. The fraction of sp³-hybridized carbons (Fsp3) is 0.600. The summed E-state index contributed by atoms with van der Waals surface area (Å²) in [6, 6.07) is 0. The van der Waals surface area contributed by atoms with E-state index in [0.29, 0.717) is 0 Å². The van der Waals surface area contributed by atoms with Crippen molar-refractivity contribution in [1.82, 2.24) is 5.32 Å². The van der Waals surface area contributed by atoms with Gasteiger partial charge in [-0.3, -0.25) is 0 Å². The molecule has 0 aromatic rings. The maximum Gasteiger partial charge on any atom is 0.460 e. The Kier molecular flexibility index (Phi) is 7.97. The van der Waals surface area contributed by atoms with E-state index in [9.17, 15) is 39.5 Å². The molecule has 3 N–H and O–H groups in total. The summed E-state index contributed by atoms with van der Waals surface area (Å²) < 4.78 is 113. The van der Waals surface area contributed by atoms with E-state index in [1.165, 1.54) is 0 Å². The Labute approximate surface area is 150 Å². The van der Waals surface area contributed by atoms with E-state index in [1.807, 2.05) is 0 Å². The van der Waals surface area contributed by atoms with E-state index in [-0.39, 0.29) is 21.9 Å². The molecule has 0 aliphatic carbocycles. The highest BCUT2D eigenvalue weighted by Crippen LogP contribution is 2.54. The number of hydrogen-bond acceptors (Lipinski definition) is 3. The second-order valence-corrected chi connectivity index (χ2v) is 6.32. The molecule has 0 fully saturated rings. The van der Waals surface area contributed by atoms with Crippen molar-refractivity contribution in [2.24, 2.45) is 10.7 Å². The zero-order valence-electron chi connectivity index (χ0n) is 11.8. The summed E-state index contributed by atoms with van der Waals surface area (Å²) in [5, 5.41) is 1.48. The summed E-state index contributed by atoms with van der Waals surface area (Å²) in [5.41, 5.74) is 5.21. The van der Waals surface area contributed by atoms with Gasteiger partial charge in [0.05, 0.1) is 5.03 Å². The van der Waals surface area contributed by atoms with Crippen molar-refractivity contribution >= 4 is 46.9 Å². The minimum absolute atomic E-state index is 0.0482. The number of hydrogen-bond donors (Lipinski definition) is 3. The van der Waals surface area contributed by atoms with Crippen LogP contribution in [0.3, 0.4) is 0 Å². The van der Waals surface area contributed by atoms with Crippen molar-refractivity contribution in [3.8, 4) is 0 Å². The summed E-state index contributed by atoms with van der Waals surface area (Å²) in [6.07, 6.45) is -8.87. The van der Waals surface area contributed by atoms with Gasteiger partial charge in [-0.15, -0.1) is 12.6 Å². The summed E-state index contributed by atoms with van der Waals surface area (Å²) in [4.78, 5) is 3.39. The van der Waals surface area contributed by atoms with Gasteiger partial charge < -0.3 is 11.1 Å². The van der Waals surface area contributed by atoms with Gasteiger partial charge in [-0.1, -0.05) is 18.3 Å². The average molecular weight is 439 g/mol. The molecular weight excluding hydrogens is 429 g/mol. The number of amidine groups is 1. The summed E-state index contributed by atoms with van der Waals surface area (Å²) in [6.45, 7) is 3.27. The minimum atomic E-state index is -6.91. The van der Waals surface area contributed by atoms with Crippen molar-refractivity contribution in [2.75, 3.05) is 5.75 Å². The molecule has 0 saturated carbocycles. The molecule has 0 aromatic heterocycles. The first kappa shape index (κ1) is 24.2. The number of thiocarbonyl (C=S) groups is 1. The minimum Gasteiger partial charge on any atom is -0.378 e. The summed E-state index contributed by atoms with van der Waals surface area (Å²) in [7, 11) is 0. The van der Waals surface area contributed by atoms with E-state index >= 15 is 0 Å². The molecule has 3 nitrogen and oxygen atoms in total. The van der Waals surface area contributed by atoms with Crippen molar-refractivity contribution in [3.05, 3.63) is 11.6 Å². The van der Waals surface area contributed by atoms with Crippen LogP contribution in [0.15, 0.2) is 16.6 Å². The third kappa shape index (κ3) is 6.13. The van der Waals surface area contributed by atoms with Crippen LogP contribution in [0.25, 0.3) is 0 Å². The number of thioether (sulfide) groups is 1. The predicted molar refractivity (Wildman–Crippen MR) is 83.5 cm³/mol. The third-order valence-electron chi connectivity index (χ3n) is 2.34. The van der Waals surface area contributed by atoms with Crippen LogP contribution in [0.5, 0.6) is 0 Å². The zero-order valence-corrected chi connectivity index (χ0v) is 14.3. The molecule has 0 bridgehead atoms. The third-order valence-corrected chi connectivity index (χ3v) is 3.44. The maximum absolute atomic E-state index is 13.2. The zero-order chi connectivity index (χ0) is 20.3. The van der Waals surface area contributed by atoms with E-state index in [4.69, 9.17) is 5.73 Å². The highest BCUT2D eigenvalue weighted by molar-refractivity contribution is 8.13. The molecule has 0 heterocycles. The summed E-state index contributed by atoms with van der Waals surface area (Å²) >= 11 is 8.48. The van der Waals surface area contributed by atoms with Crippen molar-refractivity contribution in [2.45, 2.75) is 30.4 Å². The molecule has 0 saturated heterocycles. The van der Waals surface area contributed by atoms with Crippen LogP contribution >= 0.6 is 36.6 Å². The van der Waals surface area contributed by atoms with Gasteiger partial charge in [0, 0.05) is 12.2 Å². The molecule has 0 atom stereocenters. The van der Waals surface area contributed by atoms with Gasteiger partial charge in [-0.2, -0.15) is 44.5 Å². The molecule has 0 rings (SSSR count). The highest BCUT2D eigenvalue weighted by atomic mass is 32.2. The van der Waals surface area contributed by atoms with E-state index in [2.05, 4.69) is 41.7 Å². The first-order chi connectivity index (χ1) is 11.0. The Balaban J connectivity index is 4.97. The van der Waals surface area contributed by atoms with E-state index < -0.39 is 41.3 Å². The lowest BCUT2D eigenvalue weighted by atomic mass is 10.0. The number of rotatable bonds is 6. The largest absolute Gasteiger partial charge is 0.460 e. The molecular formula is C10H10F9N3S3. The van der Waals surface area contributed by atoms with Gasteiger partial charge in [0.1, 0.15) is 0 Å². The molecule has 15 heteroatoms. The molecule has 0 spiro atoms. The first-order valence-corrected chi connectivity index (χ1v) is 7.66. The SMILES string of the molecule is C=C(S)NC(=S)N=C(N)SCCC(F)(F)C(F)(F)C(F)(F)C(F)(F)F. The number of nitrogens with two attached hydrogens (primary N) is 1. The molecule has 146 valence electrons. The van der Waals surface area contributed by atoms with Crippen molar-refractivity contribution in [1.29, 1.82) is 0 Å². The van der Waals surface area contributed by atoms with Gasteiger partial charge >= 0.3 is 23.9 Å². The molecule has 0 radical (unpaired) electrons. The lowest BCUT2D eigenvalue weighted by molar-refractivity contribution is -0.396. The lowest BCUT2D eigenvalue weighted by Gasteiger charge is -2.33. The number of aliphatic imine (C=N–C) groups is 1. The fourth-order valence-corrected chi connectivity index (χ4v) is 2.32. The fourth-order valence-electron chi connectivity index (χ4n) is 1.13. The van der Waals surface area contributed by atoms with Crippen LogP contribution in [-0.2, 0) is 0 Å². The molecule has 0 aliphatic heterocycles. The number of nitrogens with one attached hydrogen (secondary N) is 1. The number of alkyl halides is 9. The Morgan fingerprint density at radius 2 is 1.56 bits per heavy atom. The predicted octanol–water partition coefficient (Wildman–Crippen LogP) is 4.17. The van der Waals surface area contributed by atoms with Gasteiger partial charge in [0.25, 0.3) is 0 Å². The van der Waals surface area contributed by atoms with Crippen molar-refractivity contribution in [3.63, 3.8) is 0 Å². The normalized spacial score (nSPS) is 14.4. The Morgan fingerprint density at radius 3 is 1.96 bits per heavy atom. The molecule has 25 heavy (non-hydrogen) atoms. The smallest absolute Gasteiger partial charge is 0.378 e. The molecule has 0 aromatic carbocycles. The van der Waals surface area contributed by atoms with Crippen molar-refractivity contribution < 1.29 is 39.5 Å². The quantitative estimate of drug-likeness (QED) is 0.191. The van der Waals surface area contributed by atoms with Gasteiger partial charge in [0.2, 0.25) is 0 Å². The first-order valence-electron chi connectivity index (χ1n) is 5.81. The number of halogens is 9. The Morgan fingerprint density at radius 1 is 1.08 bits per heavy atom. The topological polar surface area (TPSA) is 50.4 Å². The van der Waals surface area contributed by atoms with Crippen LogP contribution in [-0.4, -0.2) is 40.0 Å². The van der Waals surface area contributed by atoms with Crippen LogP contribution in [0.1, 0.15) is 6.42 Å². The monoisotopic (exact) mass is 439 g/mol. The van der Waals surface area contributed by atoms with Crippen LogP contribution < -0.4 is 11.1 Å². The van der Waals surface area contributed by atoms with Gasteiger partial charge in [0.15, 0.2) is 10.3 Å². The van der Waals surface area contributed by atoms with Crippen LogP contribution in [0.4, 0.5) is 39.5 Å². The number of thiol groups is 1. The second-order valence-electron chi connectivity index (χ2n) is 4.28. The maximum atomic E-state index is 13.2. The average Bonchev–Trinajstić information content (AvgIpc) is 2.35. The second kappa shape index (κ2) is 8.24. The van der Waals surface area contributed by atoms with E-state index in [1.54, 1.807) is 0 Å². The van der Waals surface area contributed by atoms with Crippen LogP contribution in [0.2, 0.25) is 0 Å². The van der Waals surface area contributed by atoms with Gasteiger partial charge in [-0.25, -0.2) is 0 Å². The summed E-state index contributed by atoms with van der Waals surface area (Å²) in [5.74, 6) is -20.2. The standard InChI is InChI=1S/C10H10F9N3S3/c1-4(23)21-6(24)22-5(20)25-3-2-7(11,12)8(13,14)9(15,16)10(17,18)19/h23H,1-3H2,(H3,20,21,22,24). The Hall–Kier alpha value is -0.830. The lowest BCUT2D eigenvalue weighted by Crippen LogP contribution is -2.60. The molecule has 0 unspecified atom stereocenters.